The molecule has 0 amide bonds. The van der Waals surface area contributed by atoms with Gasteiger partial charge in [-0.2, -0.15) is 0 Å². The Labute approximate surface area is 473 Å². The third-order valence-electron chi connectivity index (χ3n) is 16.3. The molecule has 0 aliphatic heterocycles. The van der Waals surface area contributed by atoms with Gasteiger partial charge in [0.25, 0.3) is 0 Å². The van der Waals surface area contributed by atoms with Crippen LogP contribution >= 0.6 is 0 Å². The van der Waals surface area contributed by atoms with Gasteiger partial charge in [-0.1, -0.05) is 182 Å². The minimum Gasteiger partial charge on any atom is -0.310 e. The van der Waals surface area contributed by atoms with Crippen LogP contribution in [-0.2, 0) is 0 Å². The fourth-order valence-corrected chi connectivity index (χ4v) is 12.5. The van der Waals surface area contributed by atoms with E-state index in [0.717, 1.165) is 79.0 Å². The van der Waals surface area contributed by atoms with Crippen LogP contribution in [0.2, 0.25) is 0 Å². The second-order valence-electron chi connectivity index (χ2n) is 20.9. The number of anilines is 6. The molecule has 0 spiro atoms. The zero-order valence-corrected chi connectivity index (χ0v) is 44.6. The molecular formula is C76H50N6. The van der Waals surface area contributed by atoms with Crippen molar-refractivity contribution in [3.63, 3.8) is 0 Å². The van der Waals surface area contributed by atoms with Gasteiger partial charge in [0.2, 0.25) is 0 Å². The number of hydrogen-bond donors (Lipinski definition) is 0. The first-order valence-electron chi connectivity index (χ1n) is 27.9. The van der Waals surface area contributed by atoms with Crippen LogP contribution < -0.4 is 9.80 Å². The van der Waals surface area contributed by atoms with E-state index >= 15 is 0 Å². The molecule has 0 saturated carbocycles. The summed E-state index contributed by atoms with van der Waals surface area (Å²) in [5.41, 5.74) is 18.6. The van der Waals surface area contributed by atoms with E-state index in [0.29, 0.717) is 0 Å². The molecule has 3 heterocycles. The largest absolute Gasteiger partial charge is 0.310 e. The lowest BCUT2D eigenvalue weighted by atomic mass is 10.0. The van der Waals surface area contributed by atoms with Gasteiger partial charge in [0.05, 0.1) is 55.9 Å². The van der Waals surface area contributed by atoms with Crippen LogP contribution in [0.4, 0.5) is 34.1 Å². The van der Waals surface area contributed by atoms with E-state index in [-0.39, 0.29) is 0 Å². The molecule has 16 rings (SSSR count). The molecule has 6 nitrogen and oxygen atoms in total. The predicted molar refractivity (Wildman–Crippen MR) is 343 cm³/mol. The quantitative estimate of drug-likeness (QED) is 0.137. The molecule has 0 radical (unpaired) electrons. The third kappa shape index (κ3) is 7.80. The van der Waals surface area contributed by atoms with Crippen LogP contribution in [-0.4, -0.2) is 19.1 Å². The number of para-hydroxylation sites is 6. The number of nitrogens with zero attached hydrogens (tertiary/aromatic N) is 6. The fourth-order valence-electron chi connectivity index (χ4n) is 12.5. The highest BCUT2D eigenvalue weighted by Crippen LogP contribution is 2.44. The van der Waals surface area contributed by atoms with Crippen molar-refractivity contribution in [3.05, 3.63) is 303 Å². The molecule has 82 heavy (non-hydrogen) atoms. The second-order valence-corrected chi connectivity index (χ2v) is 20.9. The monoisotopic (exact) mass is 1050 g/mol. The summed E-state index contributed by atoms with van der Waals surface area (Å²) < 4.78 is 4.74. The van der Waals surface area contributed by atoms with E-state index in [1.165, 1.54) is 65.2 Å². The van der Waals surface area contributed by atoms with Crippen molar-refractivity contribution >= 4 is 110 Å². The molecular weight excluding hydrogens is 997 g/mol. The molecule has 0 atom stereocenters. The molecule has 6 heteroatoms. The van der Waals surface area contributed by atoms with Crippen molar-refractivity contribution in [3.8, 4) is 33.9 Å². The minimum absolute atomic E-state index is 0.816. The van der Waals surface area contributed by atoms with Crippen molar-refractivity contribution in [1.29, 1.82) is 0 Å². The van der Waals surface area contributed by atoms with Gasteiger partial charge in [-0.05, 0) is 132 Å². The number of benzene rings is 13. The topological polar surface area (TPSA) is 42.1 Å². The number of rotatable bonds is 10. The zero-order chi connectivity index (χ0) is 54.1. The Morgan fingerprint density at radius 2 is 0.512 bits per heavy atom. The maximum atomic E-state index is 5.39. The molecule has 0 aliphatic rings. The van der Waals surface area contributed by atoms with Crippen molar-refractivity contribution in [2.45, 2.75) is 0 Å². The smallest absolute Gasteiger partial charge is 0.0973 e. The Balaban J connectivity index is 0.786. The Bertz CT molecular complexity index is 4660. The number of hydrogen-bond acceptors (Lipinski definition) is 4. The molecule has 384 valence electrons. The van der Waals surface area contributed by atoms with Crippen LogP contribution in [0.3, 0.4) is 0 Å². The molecule has 0 bridgehead atoms. The lowest BCUT2D eigenvalue weighted by Gasteiger charge is -2.27. The Kier molecular flexibility index (Phi) is 11.1. The first-order valence-corrected chi connectivity index (χ1v) is 27.9. The SMILES string of the molecule is c1ccc2c(N(c3ccc(-c4nc5ccccc5nc4-c4ccc(N(c5ccc(-n6c7ccccc7c7ccccc76)cc5)c5cccc6ccccc56)cc4)cc3)c3ccc(-n4c5ccccc5c5ccccc54)cc3)cccc2c1. The summed E-state index contributed by atoms with van der Waals surface area (Å²) in [5, 5.41) is 9.67. The van der Waals surface area contributed by atoms with Crippen LogP contribution in [0.15, 0.2) is 303 Å². The van der Waals surface area contributed by atoms with Gasteiger partial charge >= 0.3 is 0 Å². The fraction of sp³-hybridized carbons (Fsp3) is 0. The lowest BCUT2D eigenvalue weighted by Crippen LogP contribution is -2.11. The van der Waals surface area contributed by atoms with Crippen LogP contribution in [0, 0.1) is 0 Å². The van der Waals surface area contributed by atoms with Gasteiger partial charge in [-0.3, -0.25) is 0 Å². The van der Waals surface area contributed by atoms with Gasteiger partial charge in [0.15, 0.2) is 0 Å². The molecule has 0 saturated heterocycles. The summed E-state index contributed by atoms with van der Waals surface area (Å²) in [5.74, 6) is 0. The summed E-state index contributed by atoms with van der Waals surface area (Å²) in [6.07, 6.45) is 0. The first kappa shape index (κ1) is 47.0. The first-order chi connectivity index (χ1) is 40.7. The molecule has 3 aromatic heterocycles. The van der Waals surface area contributed by atoms with E-state index < -0.39 is 0 Å². The highest BCUT2D eigenvalue weighted by molar-refractivity contribution is 6.11. The maximum Gasteiger partial charge on any atom is 0.0973 e. The number of aromatic nitrogens is 4. The molecule has 0 fully saturated rings. The van der Waals surface area contributed by atoms with E-state index in [4.69, 9.17) is 9.97 Å². The highest BCUT2D eigenvalue weighted by atomic mass is 15.2. The summed E-state index contributed by atoms with van der Waals surface area (Å²) in [7, 11) is 0. The molecule has 13 aromatic carbocycles. The van der Waals surface area contributed by atoms with Crippen molar-refractivity contribution in [1.82, 2.24) is 19.1 Å². The van der Waals surface area contributed by atoms with E-state index in [1.807, 2.05) is 24.3 Å². The second kappa shape index (κ2) is 19.4. The average molecular weight is 1050 g/mol. The Hall–Kier alpha value is -11.1. The molecule has 0 N–H and O–H groups in total. The summed E-state index contributed by atoms with van der Waals surface area (Å²) in [4.78, 5) is 15.5. The van der Waals surface area contributed by atoms with Gasteiger partial charge < -0.3 is 18.9 Å². The highest BCUT2D eigenvalue weighted by Gasteiger charge is 2.22. The summed E-state index contributed by atoms with van der Waals surface area (Å²) in [6.45, 7) is 0. The van der Waals surface area contributed by atoms with E-state index in [2.05, 4.69) is 298 Å². The van der Waals surface area contributed by atoms with Crippen molar-refractivity contribution < 1.29 is 0 Å². The summed E-state index contributed by atoms with van der Waals surface area (Å²) in [6, 6.07) is 109. The normalized spacial score (nSPS) is 11.7. The van der Waals surface area contributed by atoms with Crippen molar-refractivity contribution in [2.75, 3.05) is 9.80 Å². The average Bonchev–Trinajstić information content (AvgIpc) is 4.18. The standard InChI is InChI=1S/C76H50N6/c1-3-21-61-51(17-1)19-15-33-69(61)79(57-43-47-59(48-44-57)81-71-29-11-5-23-63(71)64-24-6-12-30-72(64)81)55-39-35-53(36-40-55)75-76(78-68-28-10-9-27-67(68)77-75)54-37-41-56(42-38-54)80(70-34-16-20-52-18-2-4-22-62(52)70)58-45-49-60(50-46-58)82-73-31-13-7-25-65(73)66-26-8-14-32-74(66)82/h1-50H. The van der Waals surface area contributed by atoms with Gasteiger partial charge in [-0.25, -0.2) is 9.97 Å². The Morgan fingerprint density at radius 3 is 0.866 bits per heavy atom. The minimum atomic E-state index is 0.816. The zero-order valence-electron chi connectivity index (χ0n) is 44.6. The van der Waals surface area contributed by atoms with Crippen LogP contribution in [0.1, 0.15) is 0 Å². The molecule has 0 unspecified atom stereocenters. The lowest BCUT2D eigenvalue weighted by molar-refractivity contribution is 1.17. The van der Waals surface area contributed by atoms with Gasteiger partial charge in [0, 0.05) is 77.6 Å². The molecule has 0 aliphatic carbocycles. The van der Waals surface area contributed by atoms with Gasteiger partial charge in [-0.15, -0.1) is 0 Å². The van der Waals surface area contributed by atoms with E-state index in [9.17, 15) is 0 Å². The third-order valence-corrected chi connectivity index (χ3v) is 16.3. The molecule has 16 aromatic rings. The van der Waals surface area contributed by atoms with Gasteiger partial charge in [0.1, 0.15) is 0 Å². The maximum absolute atomic E-state index is 5.39. The van der Waals surface area contributed by atoms with Crippen LogP contribution in [0.25, 0.3) is 110 Å². The summed E-state index contributed by atoms with van der Waals surface area (Å²) >= 11 is 0. The van der Waals surface area contributed by atoms with Crippen molar-refractivity contribution in [2.24, 2.45) is 0 Å². The van der Waals surface area contributed by atoms with E-state index in [1.54, 1.807) is 0 Å². The Morgan fingerprint density at radius 1 is 0.232 bits per heavy atom. The number of fused-ring (bicyclic) bond motifs is 9. The predicted octanol–water partition coefficient (Wildman–Crippen LogP) is 20.4. The van der Waals surface area contributed by atoms with Crippen LogP contribution in [0.5, 0.6) is 0 Å².